The first kappa shape index (κ1) is 43.1. The van der Waals surface area contributed by atoms with Crippen LogP contribution in [0.4, 0.5) is 0 Å². The van der Waals surface area contributed by atoms with Gasteiger partial charge in [-0.3, -0.25) is 28.8 Å². The van der Waals surface area contributed by atoms with E-state index >= 15 is 0 Å². The zero-order chi connectivity index (χ0) is 35.8. The fourth-order valence-corrected chi connectivity index (χ4v) is 4.17. The number of rotatable bonds is 26. The van der Waals surface area contributed by atoms with Crippen molar-refractivity contribution in [2.24, 2.45) is 17.2 Å². The van der Waals surface area contributed by atoms with Gasteiger partial charge in [-0.25, -0.2) is 4.79 Å². The molecule has 0 heterocycles. The van der Waals surface area contributed by atoms with Crippen molar-refractivity contribution in [3.63, 3.8) is 0 Å². The van der Waals surface area contributed by atoms with Gasteiger partial charge in [0, 0.05) is 0 Å². The molecule has 0 spiro atoms. The molecule has 5 atom stereocenters. The first-order valence-electron chi connectivity index (χ1n) is 15.7. The molecule has 0 bridgehead atoms. The summed E-state index contributed by atoms with van der Waals surface area (Å²) in [6, 6.07) is -6.22. The van der Waals surface area contributed by atoms with Crippen molar-refractivity contribution in [3.05, 3.63) is 0 Å². The molecule has 47 heavy (non-hydrogen) atoms. The van der Waals surface area contributed by atoms with Crippen molar-refractivity contribution < 1.29 is 48.9 Å². The number of hydrogen-bond donors (Lipinski definition) is 12. The topological polar surface area (TPSA) is 330 Å². The molecule has 19 heteroatoms. The molecular weight excluding hydrogens is 622 g/mol. The molecule has 0 aromatic carbocycles. The predicted octanol–water partition coefficient (Wildman–Crippen LogP) is -5.00. The van der Waals surface area contributed by atoms with Gasteiger partial charge in [-0.2, -0.15) is 0 Å². The summed E-state index contributed by atoms with van der Waals surface area (Å²) in [6.45, 7) is 0.0902. The van der Waals surface area contributed by atoms with Crippen molar-refractivity contribution in [2.75, 3.05) is 39.4 Å². The first-order valence-corrected chi connectivity index (χ1v) is 15.7. The predicted molar refractivity (Wildman–Crippen MR) is 169 cm³/mol. The van der Waals surface area contributed by atoms with E-state index in [1.165, 1.54) is 6.92 Å². The molecule has 0 aromatic heterocycles. The molecule has 19 nitrogen and oxygen atoms in total. The average molecular weight is 676 g/mol. The van der Waals surface area contributed by atoms with Gasteiger partial charge in [0.05, 0.1) is 13.2 Å². The molecule has 0 aromatic rings. The van der Waals surface area contributed by atoms with E-state index < -0.39 is 91.4 Å². The standard InChI is InChI=1S/C28H53N9O10/c1-17(24(42)35-19(9-3-6-12-30)26(44)37-20(28(46)47)10-4-7-13-31)33-25(43)18(8-2-5-11-29)36-27(45)21(15-38)34-22(40)14-32-23(41)16-39/h17-21,38-39H,2-16,29-31H2,1H3,(H,32,41)(H,33,43)(H,34,40)(H,35,42)(H,36,45)(H,37,44)(H,46,47)/t17-,18-,19-,20-,21-/m0/s1. The van der Waals surface area contributed by atoms with Gasteiger partial charge in [0.1, 0.15) is 36.8 Å². The van der Waals surface area contributed by atoms with Gasteiger partial charge in [0.25, 0.3) is 0 Å². The summed E-state index contributed by atoms with van der Waals surface area (Å²) in [4.78, 5) is 87.0. The number of carbonyl (C=O) groups is 7. The largest absolute Gasteiger partial charge is 0.480 e. The lowest BCUT2D eigenvalue weighted by Crippen LogP contribution is -2.58. The number of amides is 6. The molecule has 0 saturated carbocycles. The van der Waals surface area contributed by atoms with Gasteiger partial charge in [0.2, 0.25) is 35.4 Å². The maximum Gasteiger partial charge on any atom is 0.326 e. The van der Waals surface area contributed by atoms with Crippen molar-refractivity contribution >= 4 is 41.4 Å². The number of nitrogens with two attached hydrogens (primary N) is 3. The third-order valence-corrected chi connectivity index (χ3v) is 6.90. The molecule has 0 aliphatic rings. The summed E-state index contributed by atoms with van der Waals surface area (Å²) >= 11 is 0. The van der Waals surface area contributed by atoms with E-state index in [2.05, 4.69) is 31.9 Å². The monoisotopic (exact) mass is 675 g/mol. The Morgan fingerprint density at radius 2 is 0.979 bits per heavy atom. The summed E-state index contributed by atoms with van der Waals surface area (Å²) < 4.78 is 0. The van der Waals surface area contributed by atoms with Crippen molar-refractivity contribution in [2.45, 2.75) is 94.9 Å². The number of unbranched alkanes of at least 4 members (excludes halogenated alkanes) is 3. The molecule has 0 rings (SSSR count). The van der Waals surface area contributed by atoms with Crippen LogP contribution in [0, 0.1) is 0 Å². The van der Waals surface area contributed by atoms with Gasteiger partial charge in [-0.15, -0.1) is 0 Å². The minimum absolute atomic E-state index is 0.0899. The van der Waals surface area contributed by atoms with Gasteiger partial charge in [0.15, 0.2) is 0 Å². The normalized spacial score (nSPS) is 14.0. The first-order chi connectivity index (χ1) is 22.3. The number of aliphatic hydroxyl groups excluding tert-OH is 2. The SMILES string of the molecule is C[C@H](NC(=O)[C@H](CCCCN)NC(=O)[C@H](CO)NC(=O)CNC(=O)CO)C(=O)N[C@@H](CCCCN)C(=O)N[C@@H](CCCCN)C(=O)O. The Kier molecular flexibility index (Phi) is 23.1. The highest BCUT2D eigenvalue weighted by Crippen LogP contribution is 2.07. The van der Waals surface area contributed by atoms with Crippen LogP contribution >= 0.6 is 0 Å². The molecule has 6 amide bonds. The highest BCUT2D eigenvalue weighted by molar-refractivity contribution is 5.96. The Morgan fingerprint density at radius 3 is 1.43 bits per heavy atom. The molecule has 15 N–H and O–H groups in total. The van der Waals surface area contributed by atoms with Crippen molar-refractivity contribution in [3.8, 4) is 0 Å². The van der Waals surface area contributed by atoms with Gasteiger partial charge in [-0.1, -0.05) is 0 Å². The van der Waals surface area contributed by atoms with Crippen LogP contribution in [0.2, 0.25) is 0 Å². The third-order valence-electron chi connectivity index (χ3n) is 6.90. The van der Waals surface area contributed by atoms with Gasteiger partial charge < -0.3 is 64.4 Å². The molecule has 0 aliphatic carbocycles. The molecular formula is C28H53N9O10. The number of carbonyl (C=O) groups excluding carboxylic acids is 6. The Hall–Kier alpha value is -3.91. The molecule has 270 valence electrons. The van der Waals surface area contributed by atoms with Crippen LogP contribution < -0.4 is 49.1 Å². The van der Waals surface area contributed by atoms with Crippen LogP contribution in [0.1, 0.15) is 64.7 Å². The maximum atomic E-state index is 13.2. The number of hydrogen-bond acceptors (Lipinski definition) is 12. The minimum Gasteiger partial charge on any atom is -0.480 e. The van der Waals surface area contributed by atoms with E-state index in [1.807, 2.05) is 0 Å². The molecule has 0 saturated heterocycles. The minimum atomic E-state index is -1.49. The fraction of sp³-hybridized carbons (Fsp3) is 0.750. The molecule has 0 aliphatic heterocycles. The highest BCUT2D eigenvalue weighted by atomic mass is 16.4. The van der Waals surface area contributed by atoms with Crippen molar-refractivity contribution in [1.82, 2.24) is 31.9 Å². The molecule has 0 fully saturated rings. The number of nitrogens with one attached hydrogen (secondary N) is 6. The number of aliphatic hydroxyl groups is 2. The number of carboxylic acids is 1. The summed E-state index contributed by atoms with van der Waals surface area (Å²) in [5.74, 6) is -6.06. The fourth-order valence-electron chi connectivity index (χ4n) is 4.17. The quantitative estimate of drug-likeness (QED) is 0.0383. The van der Waals surface area contributed by atoms with Crippen LogP contribution in [-0.4, -0.2) is 126 Å². The molecule has 0 unspecified atom stereocenters. The average Bonchev–Trinajstić information content (AvgIpc) is 3.04. The van der Waals surface area contributed by atoms with E-state index in [-0.39, 0.29) is 19.3 Å². The van der Waals surface area contributed by atoms with Crippen LogP contribution in [0.15, 0.2) is 0 Å². The zero-order valence-electron chi connectivity index (χ0n) is 26.9. The summed E-state index contributed by atoms with van der Waals surface area (Å²) in [6.07, 6.45) is 3.33. The zero-order valence-corrected chi connectivity index (χ0v) is 26.9. The van der Waals surface area contributed by atoms with Crippen LogP contribution in [0.25, 0.3) is 0 Å². The van der Waals surface area contributed by atoms with E-state index in [4.69, 9.17) is 22.3 Å². The maximum absolute atomic E-state index is 13.2. The highest BCUT2D eigenvalue weighted by Gasteiger charge is 2.30. The number of aliphatic carboxylic acids is 1. The second kappa shape index (κ2) is 25.2. The second-order valence-electron chi connectivity index (χ2n) is 10.8. The lowest BCUT2D eigenvalue weighted by atomic mass is 10.1. The van der Waals surface area contributed by atoms with E-state index in [0.29, 0.717) is 58.2 Å². The second-order valence-corrected chi connectivity index (χ2v) is 10.8. The Balaban J connectivity index is 5.56. The van der Waals surface area contributed by atoms with Gasteiger partial charge in [-0.05, 0) is 84.3 Å². The summed E-state index contributed by atoms with van der Waals surface area (Å²) in [5, 5.41) is 42.1. The smallest absolute Gasteiger partial charge is 0.326 e. The van der Waals surface area contributed by atoms with E-state index in [9.17, 15) is 43.8 Å². The lowest BCUT2D eigenvalue weighted by Gasteiger charge is -2.25. The summed E-state index contributed by atoms with van der Waals surface area (Å²) in [5.41, 5.74) is 16.6. The molecule has 0 radical (unpaired) electrons. The Labute approximate surface area is 273 Å². The lowest BCUT2D eigenvalue weighted by molar-refractivity contribution is -0.142. The van der Waals surface area contributed by atoms with Crippen LogP contribution in [-0.2, 0) is 33.6 Å². The van der Waals surface area contributed by atoms with E-state index in [0.717, 1.165) is 0 Å². The Morgan fingerprint density at radius 1 is 0.553 bits per heavy atom. The van der Waals surface area contributed by atoms with Crippen LogP contribution in [0.3, 0.4) is 0 Å². The van der Waals surface area contributed by atoms with Crippen LogP contribution in [0.5, 0.6) is 0 Å². The van der Waals surface area contributed by atoms with Gasteiger partial charge >= 0.3 is 5.97 Å². The summed E-state index contributed by atoms with van der Waals surface area (Å²) in [7, 11) is 0. The third kappa shape index (κ3) is 18.7. The Bertz CT molecular complexity index is 1020. The number of carboxylic acid groups (broad SMARTS) is 1. The van der Waals surface area contributed by atoms with E-state index in [1.54, 1.807) is 0 Å². The van der Waals surface area contributed by atoms with Crippen molar-refractivity contribution in [1.29, 1.82) is 0 Å².